The fourth-order valence-corrected chi connectivity index (χ4v) is 1.68. The molecule has 0 radical (unpaired) electrons. The van der Waals surface area contributed by atoms with Gasteiger partial charge in [0.2, 0.25) is 0 Å². The molecule has 0 amide bonds. The van der Waals surface area contributed by atoms with E-state index in [1.165, 1.54) is 0 Å². The lowest BCUT2D eigenvalue weighted by Gasteiger charge is -2.03. The van der Waals surface area contributed by atoms with Crippen LogP contribution in [0.15, 0.2) is 12.4 Å². The number of nitrogens with two attached hydrogens (primary N) is 1. The van der Waals surface area contributed by atoms with Gasteiger partial charge >= 0.3 is 0 Å². The fraction of sp³-hybridized carbons (Fsp3) is 0.500. The molecule has 0 bridgehead atoms. The molecule has 96 valence electrons. The summed E-state index contributed by atoms with van der Waals surface area (Å²) in [6.07, 6.45) is 5.99. The minimum atomic E-state index is 0.569. The molecule has 2 heterocycles. The Kier molecular flexibility index (Phi) is 3.99. The molecule has 0 fully saturated rings. The first-order chi connectivity index (χ1) is 8.78. The first kappa shape index (κ1) is 12.6. The summed E-state index contributed by atoms with van der Waals surface area (Å²) in [5.41, 5.74) is 6.53. The maximum absolute atomic E-state index is 5.49. The summed E-state index contributed by atoms with van der Waals surface area (Å²) in [6.45, 7) is 4.68. The molecule has 0 atom stereocenters. The van der Waals surface area contributed by atoms with Crippen LogP contribution in [-0.2, 0) is 19.3 Å². The summed E-state index contributed by atoms with van der Waals surface area (Å²) in [5.74, 6) is 2.28. The van der Waals surface area contributed by atoms with Crippen LogP contribution in [0.5, 0.6) is 0 Å². The molecule has 0 saturated heterocycles. The molecule has 0 aromatic carbocycles. The van der Waals surface area contributed by atoms with Crippen LogP contribution in [0.4, 0.5) is 0 Å². The van der Waals surface area contributed by atoms with Gasteiger partial charge in [-0.05, 0) is 18.5 Å². The smallest absolute Gasteiger partial charge is 0.252 e. The van der Waals surface area contributed by atoms with Gasteiger partial charge in [0.1, 0.15) is 5.82 Å². The number of hydrogen-bond donors (Lipinski definition) is 1. The van der Waals surface area contributed by atoms with E-state index >= 15 is 0 Å². The standard InChI is InChI=1S/C12H18N6/c1-3-10-16-11(4-2)18(17-10)12-14-7-9(5-6-13)8-15-12/h7-8H,3-6,13H2,1-2H3. The molecular formula is C12H18N6. The molecule has 2 rings (SSSR count). The molecule has 6 heteroatoms. The molecule has 0 spiro atoms. The second-order valence-corrected chi connectivity index (χ2v) is 3.99. The van der Waals surface area contributed by atoms with Crippen LogP contribution in [0.3, 0.4) is 0 Å². The second-order valence-electron chi connectivity index (χ2n) is 3.99. The molecule has 2 aromatic rings. The molecule has 2 aromatic heterocycles. The summed E-state index contributed by atoms with van der Waals surface area (Å²) in [7, 11) is 0. The van der Waals surface area contributed by atoms with Crippen LogP contribution in [0.1, 0.15) is 31.1 Å². The van der Waals surface area contributed by atoms with Gasteiger partial charge in [-0.2, -0.15) is 4.68 Å². The van der Waals surface area contributed by atoms with Crippen LogP contribution in [0.25, 0.3) is 5.95 Å². The van der Waals surface area contributed by atoms with Crippen molar-refractivity contribution in [2.75, 3.05) is 6.54 Å². The van der Waals surface area contributed by atoms with Crippen molar-refractivity contribution in [3.63, 3.8) is 0 Å². The Hall–Kier alpha value is -1.82. The van der Waals surface area contributed by atoms with Gasteiger partial charge in [-0.25, -0.2) is 15.0 Å². The third-order valence-corrected chi connectivity index (χ3v) is 2.66. The second kappa shape index (κ2) is 5.68. The van der Waals surface area contributed by atoms with Crippen molar-refractivity contribution >= 4 is 0 Å². The van der Waals surface area contributed by atoms with E-state index in [1.54, 1.807) is 17.1 Å². The van der Waals surface area contributed by atoms with Crippen molar-refractivity contribution in [2.45, 2.75) is 33.1 Å². The molecule has 18 heavy (non-hydrogen) atoms. The average molecular weight is 246 g/mol. The Morgan fingerprint density at radius 2 is 1.89 bits per heavy atom. The number of hydrogen-bond acceptors (Lipinski definition) is 5. The summed E-state index contributed by atoms with van der Waals surface area (Å²) >= 11 is 0. The highest BCUT2D eigenvalue weighted by Crippen LogP contribution is 2.07. The van der Waals surface area contributed by atoms with E-state index in [2.05, 4.69) is 20.1 Å². The van der Waals surface area contributed by atoms with Crippen molar-refractivity contribution in [3.8, 4) is 5.95 Å². The van der Waals surface area contributed by atoms with Crippen molar-refractivity contribution in [2.24, 2.45) is 5.73 Å². The Morgan fingerprint density at radius 1 is 1.17 bits per heavy atom. The van der Waals surface area contributed by atoms with E-state index < -0.39 is 0 Å². The monoisotopic (exact) mass is 246 g/mol. The maximum atomic E-state index is 5.49. The minimum Gasteiger partial charge on any atom is -0.330 e. The van der Waals surface area contributed by atoms with Crippen molar-refractivity contribution in [1.82, 2.24) is 24.7 Å². The van der Waals surface area contributed by atoms with E-state index in [-0.39, 0.29) is 0 Å². The largest absolute Gasteiger partial charge is 0.330 e. The predicted molar refractivity (Wildman–Crippen MR) is 68.5 cm³/mol. The van der Waals surface area contributed by atoms with Crippen molar-refractivity contribution < 1.29 is 0 Å². The zero-order valence-electron chi connectivity index (χ0n) is 10.8. The van der Waals surface area contributed by atoms with E-state index in [0.29, 0.717) is 12.5 Å². The summed E-state index contributed by atoms with van der Waals surface area (Å²) < 4.78 is 1.71. The molecule has 0 saturated carbocycles. The quantitative estimate of drug-likeness (QED) is 0.839. The average Bonchev–Trinajstić information content (AvgIpc) is 2.83. The highest BCUT2D eigenvalue weighted by atomic mass is 15.4. The third kappa shape index (κ3) is 2.53. The summed E-state index contributed by atoms with van der Waals surface area (Å²) in [5, 5.41) is 4.40. The Morgan fingerprint density at radius 3 is 2.44 bits per heavy atom. The topological polar surface area (TPSA) is 82.5 Å². The van der Waals surface area contributed by atoms with Crippen LogP contribution in [0.2, 0.25) is 0 Å². The predicted octanol–water partition coefficient (Wildman–Crippen LogP) is 0.683. The number of nitrogens with zero attached hydrogens (tertiary/aromatic N) is 5. The SMILES string of the molecule is CCc1nc(CC)n(-c2ncc(CCN)cn2)n1. The van der Waals surface area contributed by atoms with Crippen LogP contribution in [0, 0.1) is 0 Å². The van der Waals surface area contributed by atoms with E-state index in [0.717, 1.165) is 36.5 Å². The lowest BCUT2D eigenvalue weighted by Crippen LogP contribution is -2.09. The maximum Gasteiger partial charge on any atom is 0.252 e. The van der Waals surface area contributed by atoms with Gasteiger partial charge in [0.25, 0.3) is 5.95 Å². The number of aromatic nitrogens is 5. The molecule has 0 aliphatic carbocycles. The van der Waals surface area contributed by atoms with Gasteiger partial charge in [-0.15, -0.1) is 5.10 Å². The van der Waals surface area contributed by atoms with E-state index in [1.807, 2.05) is 13.8 Å². The van der Waals surface area contributed by atoms with E-state index in [4.69, 9.17) is 5.73 Å². The van der Waals surface area contributed by atoms with Gasteiger partial charge in [0.05, 0.1) is 0 Å². The van der Waals surface area contributed by atoms with Gasteiger partial charge in [0, 0.05) is 25.2 Å². The van der Waals surface area contributed by atoms with Gasteiger partial charge in [-0.3, -0.25) is 0 Å². The zero-order valence-corrected chi connectivity index (χ0v) is 10.8. The summed E-state index contributed by atoms with van der Waals surface area (Å²) in [6, 6.07) is 0. The Balaban J connectivity index is 2.32. The lowest BCUT2D eigenvalue weighted by atomic mass is 10.2. The molecule has 0 unspecified atom stereocenters. The van der Waals surface area contributed by atoms with Gasteiger partial charge in [-0.1, -0.05) is 13.8 Å². The Bertz CT molecular complexity index is 502. The van der Waals surface area contributed by atoms with Gasteiger partial charge in [0.15, 0.2) is 5.82 Å². The van der Waals surface area contributed by atoms with Crippen molar-refractivity contribution in [1.29, 1.82) is 0 Å². The zero-order chi connectivity index (χ0) is 13.0. The lowest BCUT2D eigenvalue weighted by molar-refractivity contribution is 0.739. The fourth-order valence-electron chi connectivity index (χ4n) is 1.68. The molecule has 6 nitrogen and oxygen atoms in total. The minimum absolute atomic E-state index is 0.569. The molecular weight excluding hydrogens is 228 g/mol. The number of rotatable bonds is 5. The molecule has 2 N–H and O–H groups in total. The normalized spacial score (nSPS) is 10.8. The summed E-state index contributed by atoms with van der Waals surface area (Å²) in [4.78, 5) is 13.1. The highest BCUT2D eigenvalue weighted by Gasteiger charge is 2.10. The van der Waals surface area contributed by atoms with Crippen LogP contribution >= 0.6 is 0 Å². The van der Waals surface area contributed by atoms with E-state index in [9.17, 15) is 0 Å². The van der Waals surface area contributed by atoms with Crippen LogP contribution < -0.4 is 5.73 Å². The Labute approximate surface area is 106 Å². The molecule has 0 aliphatic heterocycles. The highest BCUT2D eigenvalue weighted by molar-refractivity contribution is 5.16. The molecule has 0 aliphatic rings. The first-order valence-corrected chi connectivity index (χ1v) is 6.24. The van der Waals surface area contributed by atoms with Gasteiger partial charge < -0.3 is 5.73 Å². The number of aryl methyl sites for hydroxylation is 2. The first-order valence-electron chi connectivity index (χ1n) is 6.24. The third-order valence-electron chi connectivity index (χ3n) is 2.66. The van der Waals surface area contributed by atoms with Crippen LogP contribution in [-0.4, -0.2) is 31.3 Å². The van der Waals surface area contributed by atoms with Crippen molar-refractivity contribution in [3.05, 3.63) is 29.6 Å².